The third-order valence-corrected chi connectivity index (χ3v) is 18.0. The molecule has 0 radical (unpaired) electrons. The highest BCUT2D eigenvalue weighted by Crippen LogP contribution is 2.45. The quantitative estimate of drug-likeness (QED) is 0.0222. The molecule has 0 saturated carbocycles. The van der Waals surface area contributed by atoms with Crippen molar-refractivity contribution in [3.63, 3.8) is 0 Å². The molecule has 3 unspecified atom stereocenters. The first kappa shape index (κ1) is 87.1. The van der Waals surface area contributed by atoms with E-state index in [9.17, 15) is 43.2 Å². The van der Waals surface area contributed by atoms with Crippen molar-refractivity contribution in [3.05, 3.63) is 0 Å². The van der Waals surface area contributed by atoms with Gasteiger partial charge >= 0.3 is 39.5 Å². The Morgan fingerprint density at radius 2 is 0.472 bits per heavy atom. The van der Waals surface area contributed by atoms with Gasteiger partial charge < -0.3 is 33.8 Å². The first-order valence-electron chi connectivity index (χ1n) is 36.2. The van der Waals surface area contributed by atoms with E-state index >= 15 is 0 Å². The van der Waals surface area contributed by atoms with E-state index in [1.807, 2.05) is 0 Å². The van der Waals surface area contributed by atoms with Gasteiger partial charge in [-0.2, -0.15) is 0 Å². The number of phosphoric acid groups is 2. The van der Waals surface area contributed by atoms with E-state index in [-0.39, 0.29) is 25.7 Å². The van der Waals surface area contributed by atoms with Gasteiger partial charge in [0.25, 0.3) is 0 Å². The van der Waals surface area contributed by atoms with Crippen molar-refractivity contribution in [3.8, 4) is 0 Å². The molecule has 0 aromatic rings. The zero-order valence-corrected chi connectivity index (χ0v) is 59.8. The Morgan fingerprint density at radius 1 is 0.281 bits per heavy atom. The number of aliphatic hydroxyl groups is 1. The molecule has 0 heterocycles. The first-order chi connectivity index (χ1) is 42.6. The van der Waals surface area contributed by atoms with Crippen LogP contribution in [0.1, 0.15) is 344 Å². The molecule has 0 aliphatic rings. The van der Waals surface area contributed by atoms with Crippen molar-refractivity contribution >= 4 is 39.5 Å². The standard InChI is InChI=1S/C70H136O17P2/c1-60(2)46-38-30-22-14-10-9-11-17-28-36-44-52-69(74)86-65(56-80-67(72)50-42-34-26-16-13-12-15-23-31-39-47-61(3)4)58-84-88(76,77)82-54-64(71)55-83-89(78,79)85-59-66(87-70(75)53-45-37-29-21-19-25-33-41-49-63(7)8)57-81-68(73)51-43-35-27-20-18-24-32-40-48-62(5)6/h60-66,71H,9-59H2,1-8H3,(H,76,77)(H,78,79)/t64?,65-,66-/m1/s1. The van der Waals surface area contributed by atoms with Crippen molar-refractivity contribution in [2.24, 2.45) is 23.7 Å². The van der Waals surface area contributed by atoms with Crippen molar-refractivity contribution in [1.82, 2.24) is 0 Å². The van der Waals surface area contributed by atoms with Crippen LogP contribution in [0.2, 0.25) is 0 Å². The normalized spacial score (nSPS) is 14.3. The topological polar surface area (TPSA) is 237 Å². The van der Waals surface area contributed by atoms with Crippen LogP contribution >= 0.6 is 15.6 Å². The van der Waals surface area contributed by atoms with Crippen LogP contribution in [0.25, 0.3) is 0 Å². The van der Waals surface area contributed by atoms with Gasteiger partial charge in [-0.1, -0.05) is 293 Å². The van der Waals surface area contributed by atoms with E-state index in [1.165, 1.54) is 148 Å². The Morgan fingerprint density at radius 3 is 0.697 bits per heavy atom. The van der Waals surface area contributed by atoms with Gasteiger partial charge in [0.2, 0.25) is 0 Å². The first-order valence-corrected chi connectivity index (χ1v) is 39.2. The Labute approximate surface area is 543 Å². The van der Waals surface area contributed by atoms with Crippen LogP contribution in [-0.4, -0.2) is 96.7 Å². The number of unbranched alkanes of at least 4 members (excludes halogenated alkanes) is 33. The molecule has 0 bridgehead atoms. The van der Waals surface area contributed by atoms with Gasteiger partial charge in [-0.3, -0.25) is 37.3 Å². The molecule has 0 spiro atoms. The number of hydrogen-bond donors (Lipinski definition) is 3. The zero-order valence-electron chi connectivity index (χ0n) is 58.1. The van der Waals surface area contributed by atoms with Gasteiger partial charge in [0.1, 0.15) is 19.3 Å². The monoisotopic (exact) mass is 1310 g/mol. The molecular formula is C70H136O17P2. The average molecular weight is 1310 g/mol. The molecule has 5 atom stereocenters. The molecule has 0 aliphatic carbocycles. The smallest absolute Gasteiger partial charge is 0.462 e. The number of rotatable bonds is 67. The van der Waals surface area contributed by atoms with Crippen molar-refractivity contribution in [1.29, 1.82) is 0 Å². The Kier molecular flexibility index (Phi) is 58.5. The Balaban J connectivity index is 5.26. The van der Waals surface area contributed by atoms with Crippen molar-refractivity contribution in [2.45, 2.75) is 363 Å². The van der Waals surface area contributed by atoms with Crippen LogP contribution in [0.3, 0.4) is 0 Å². The van der Waals surface area contributed by atoms with Gasteiger partial charge in [0.05, 0.1) is 26.4 Å². The summed E-state index contributed by atoms with van der Waals surface area (Å²) in [5, 5.41) is 10.6. The summed E-state index contributed by atoms with van der Waals surface area (Å²) in [6.07, 6.45) is 41.7. The second-order valence-electron chi connectivity index (χ2n) is 27.2. The second kappa shape index (κ2) is 59.8. The van der Waals surface area contributed by atoms with Crippen molar-refractivity contribution in [2.75, 3.05) is 39.6 Å². The van der Waals surface area contributed by atoms with E-state index < -0.39 is 97.5 Å². The molecule has 0 aromatic carbocycles. The lowest BCUT2D eigenvalue weighted by atomic mass is 10.0. The van der Waals surface area contributed by atoms with Crippen LogP contribution in [0.15, 0.2) is 0 Å². The highest BCUT2D eigenvalue weighted by Gasteiger charge is 2.30. The second-order valence-corrected chi connectivity index (χ2v) is 30.1. The van der Waals surface area contributed by atoms with Gasteiger partial charge in [-0.25, -0.2) is 9.13 Å². The van der Waals surface area contributed by atoms with Gasteiger partial charge in [-0.15, -0.1) is 0 Å². The number of phosphoric ester groups is 2. The summed E-state index contributed by atoms with van der Waals surface area (Å²) in [4.78, 5) is 72.5. The number of carbonyl (C=O) groups excluding carboxylic acids is 4. The summed E-state index contributed by atoms with van der Waals surface area (Å²) in [7, 11) is -9.90. The number of ether oxygens (including phenoxy) is 4. The Hall–Kier alpha value is -1.94. The molecule has 0 rings (SSSR count). The van der Waals surface area contributed by atoms with Gasteiger partial charge in [-0.05, 0) is 49.4 Å². The lowest BCUT2D eigenvalue weighted by Crippen LogP contribution is -2.30. The lowest BCUT2D eigenvalue weighted by Gasteiger charge is -2.21. The van der Waals surface area contributed by atoms with E-state index in [4.69, 9.17) is 37.0 Å². The zero-order chi connectivity index (χ0) is 66.1. The molecule has 17 nitrogen and oxygen atoms in total. The number of hydrogen-bond acceptors (Lipinski definition) is 15. The highest BCUT2D eigenvalue weighted by atomic mass is 31.2. The highest BCUT2D eigenvalue weighted by molar-refractivity contribution is 7.47. The van der Waals surface area contributed by atoms with Gasteiger partial charge in [0, 0.05) is 25.7 Å². The van der Waals surface area contributed by atoms with Crippen LogP contribution in [0.4, 0.5) is 0 Å². The lowest BCUT2D eigenvalue weighted by molar-refractivity contribution is -0.161. The van der Waals surface area contributed by atoms with E-state index in [2.05, 4.69) is 55.4 Å². The molecule has 0 aliphatic heterocycles. The van der Waals surface area contributed by atoms with Crippen LogP contribution in [0, 0.1) is 23.7 Å². The van der Waals surface area contributed by atoms with E-state index in [0.717, 1.165) is 114 Å². The molecule has 0 amide bonds. The minimum Gasteiger partial charge on any atom is -0.462 e. The summed E-state index contributed by atoms with van der Waals surface area (Å²) in [6.45, 7) is 14.1. The summed E-state index contributed by atoms with van der Waals surface area (Å²) in [5.74, 6) is 0.838. The summed E-state index contributed by atoms with van der Waals surface area (Å²) < 4.78 is 68.3. The molecule has 89 heavy (non-hydrogen) atoms. The minimum atomic E-state index is -4.95. The predicted molar refractivity (Wildman–Crippen MR) is 358 cm³/mol. The number of carbonyl (C=O) groups is 4. The minimum absolute atomic E-state index is 0.103. The predicted octanol–water partition coefficient (Wildman–Crippen LogP) is 19.7. The van der Waals surface area contributed by atoms with Crippen LogP contribution in [-0.2, 0) is 65.4 Å². The third-order valence-electron chi connectivity index (χ3n) is 16.1. The third kappa shape index (κ3) is 64.6. The van der Waals surface area contributed by atoms with E-state index in [0.29, 0.717) is 25.7 Å². The summed E-state index contributed by atoms with van der Waals surface area (Å²) in [5.41, 5.74) is 0. The fraction of sp³-hybridized carbons (Fsp3) is 0.943. The van der Waals surface area contributed by atoms with Crippen LogP contribution < -0.4 is 0 Å². The molecular weight excluding hydrogens is 1170 g/mol. The van der Waals surface area contributed by atoms with Crippen molar-refractivity contribution < 1.29 is 80.2 Å². The molecule has 0 aromatic heterocycles. The molecule has 0 fully saturated rings. The summed E-state index contributed by atoms with van der Waals surface area (Å²) >= 11 is 0. The Bertz CT molecular complexity index is 1760. The molecule has 528 valence electrons. The maximum absolute atomic E-state index is 13.0. The SMILES string of the molecule is CC(C)CCCCCCCCCCCCCC(=O)O[C@H](COC(=O)CCCCCCCCCCCCC(C)C)COP(=O)(O)OCC(O)COP(=O)(O)OC[C@@H](COC(=O)CCCCCCCCCCC(C)C)OC(=O)CCCCCCCCCCC(C)C. The maximum Gasteiger partial charge on any atom is 0.472 e. The van der Waals surface area contributed by atoms with Crippen LogP contribution in [0.5, 0.6) is 0 Å². The van der Waals surface area contributed by atoms with E-state index in [1.54, 1.807) is 0 Å². The molecule has 0 saturated heterocycles. The average Bonchev–Trinajstić information content (AvgIpc) is 3.66. The fourth-order valence-electron chi connectivity index (χ4n) is 10.5. The summed E-state index contributed by atoms with van der Waals surface area (Å²) in [6, 6.07) is 0. The molecule has 19 heteroatoms. The number of aliphatic hydroxyl groups excluding tert-OH is 1. The molecule has 3 N–H and O–H groups in total. The maximum atomic E-state index is 13.0. The largest absolute Gasteiger partial charge is 0.472 e. The fourth-order valence-corrected chi connectivity index (χ4v) is 12.1. The van der Waals surface area contributed by atoms with Gasteiger partial charge in [0.15, 0.2) is 12.2 Å². The number of esters is 4.